The molecule has 4 rings (SSSR count). The third-order valence-electron chi connectivity index (χ3n) is 6.31. The quantitative estimate of drug-likeness (QED) is 0.360. The molecule has 0 aliphatic heterocycles. The SMILES string of the molecule is Cc1cc(=O)n(CCC(C)(C)O)cc1-c1cccc(COc2ccc(Cn3oc(=O)[nH]c3=O)cc2)c1C. The molecule has 2 heterocycles. The summed E-state index contributed by atoms with van der Waals surface area (Å²) in [5.74, 6) is -0.126. The Balaban J connectivity index is 1.50. The first kappa shape index (κ1) is 26.0. The number of aromatic nitrogens is 3. The van der Waals surface area contributed by atoms with Crippen molar-refractivity contribution in [1.29, 1.82) is 0 Å². The molecule has 9 heteroatoms. The number of hydrogen-bond donors (Lipinski definition) is 2. The van der Waals surface area contributed by atoms with Crippen LogP contribution in [-0.4, -0.2) is 25.0 Å². The van der Waals surface area contributed by atoms with Gasteiger partial charge in [-0.15, -0.1) is 4.74 Å². The molecule has 37 heavy (non-hydrogen) atoms. The van der Waals surface area contributed by atoms with Crippen molar-refractivity contribution in [3.63, 3.8) is 0 Å². The number of pyridine rings is 1. The Bertz CT molecular complexity index is 1570. The molecule has 0 aliphatic rings. The molecule has 0 spiro atoms. The maximum absolute atomic E-state index is 12.5. The van der Waals surface area contributed by atoms with Crippen LogP contribution in [0.15, 0.2) is 73.6 Å². The van der Waals surface area contributed by atoms with Crippen LogP contribution in [0.2, 0.25) is 0 Å². The molecule has 4 aromatic rings. The van der Waals surface area contributed by atoms with Crippen molar-refractivity contribution in [2.24, 2.45) is 0 Å². The van der Waals surface area contributed by atoms with Crippen LogP contribution in [0.4, 0.5) is 0 Å². The van der Waals surface area contributed by atoms with E-state index < -0.39 is 17.0 Å². The van der Waals surface area contributed by atoms with Gasteiger partial charge in [-0.25, -0.2) is 14.6 Å². The van der Waals surface area contributed by atoms with Gasteiger partial charge in [0.15, 0.2) is 0 Å². The molecule has 0 atom stereocenters. The molecule has 2 aromatic heterocycles. The lowest BCUT2D eigenvalue weighted by Gasteiger charge is -2.19. The topological polar surface area (TPSA) is 119 Å². The van der Waals surface area contributed by atoms with Crippen molar-refractivity contribution < 1.29 is 14.4 Å². The fourth-order valence-electron chi connectivity index (χ4n) is 4.09. The summed E-state index contributed by atoms with van der Waals surface area (Å²) < 4.78 is 13.4. The predicted molar refractivity (Wildman–Crippen MR) is 140 cm³/mol. The summed E-state index contributed by atoms with van der Waals surface area (Å²) in [7, 11) is 0. The number of H-pyrrole nitrogens is 1. The standard InChI is InChI=1S/C28H31N3O6/c1-18-14-25(32)30(13-12-28(3,4)35)16-24(18)23-7-5-6-21(19(23)2)17-36-22-10-8-20(9-11-22)15-31-26(33)29-27(34)37-31/h5-11,14,16,35H,12-13,15,17H2,1-4H3,(H,29,33,34). The maximum atomic E-state index is 12.5. The van der Waals surface area contributed by atoms with Gasteiger partial charge in [-0.3, -0.25) is 4.79 Å². The van der Waals surface area contributed by atoms with E-state index in [1.54, 1.807) is 48.7 Å². The Morgan fingerprint density at radius 2 is 1.76 bits per heavy atom. The van der Waals surface area contributed by atoms with Crippen molar-refractivity contribution in [1.82, 2.24) is 14.3 Å². The number of rotatable bonds is 9. The summed E-state index contributed by atoms with van der Waals surface area (Å²) in [6.45, 7) is 8.34. The smallest absolute Gasteiger partial charge is 0.440 e. The van der Waals surface area contributed by atoms with E-state index >= 15 is 0 Å². The van der Waals surface area contributed by atoms with Crippen LogP contribution >= 0.6 is 0 Å². The summed E-state index contributed by atoms with van der Waals surface area (Å²) in [4.78, 5) is 37.3. The molecule has 9 nitrogen and oxygen atoms in total. The highest BCUT2D eigenvalue weighted by molar-refractivity contribution is 5.70. The highest BCUT2D eigenvalue weighted by Gasteiger charge is 2.15. The van der Waals surface area contributed by atoms with Crippen LogP contribution in [-0.2, 0) is 19.7 Å². The van der Waals surface area contributed by atoms with Crippen LogP contribution in [0.25, 0.3) is 11.1 Å². The molecule has 0 bridgehead atoms. The molecule has 194 valence electrons. The van der Waals surface area contributed by atoms with Gasteiger partial charge in [-0.1, -0.05) is 30.3 Å². The van der Waals surface area contributed by atoms with Gasteiger partial charge in [0, 0.05) is 24.4 Å². The van der Waals surface area contributed by atoms with E-state index in [2.05, 4.69) is 4.98 Å². The third kappa shape index (κ3) is 6.37. The fourth-order valence-corrected chi connectivity index (χ4v) is 4.09. The van der Waals surface area contributed by atoms with Gasteiger partial charge in [0.1, 0.15) is 12.4 Å². The van der Waals surface area contributed by atoms with Crippen molar-refractivity contribution in [2.75, 3.05) is 0 Å². The number of aryl methyl sites for hydroxylation is 2. The average Bonchev–Trinajstić information content (AvgIpc) is 3.15. The first-order valence-corrected chi connectivity index (χ1v) is 12.0. The van der Waals surface area contributed by atoms with Crippen molar-refractivity contribution in [2.45, 2.75) is 59.4 Å². The Morgan fingerprint density at radius 1 is 1.03 bits per heavy atom. The summed E-state index contributed by atoms with van der Waals surface area (Å²) in [5, 5.41) is 10.1. The Morgan fingerprint density at radius 3 is 2.41 bits per heavy atom. The lowest BCUT2D eigenvalue weighted by molar-refractivity contribution is 0.0659. The molecule has 0 aliphatic carbocycles. The second-order valence-corrected chi connectivity index (χ2v) is 9.83. The Kier molecular flexibility index (Phi) is 7.35. The van der Waals surface area contributed by atoms with Crippen LogP contribution in [0, 0.1) is 13.8 Å². The molecule has 0 saturated heterocycles. The number of hydrogen-bond acceptors (Lipinski definition) is 6. The molecular weight excluding hydrogens is 474 g/mol. The van der Waals surface area contributed by atoms with Crippen LogP contribution in [0.5, 0.6) is 5.75 Å². The van der Waals surface area contributed by atoms with E-state index in [1.807, 2.05) is 38.2 Å². The number of nitrogens with zero attached hydrogens (tertiary/aromatic N) is 2. The van der Waals surface area contributed by atoms with E-state index in [1.165, 1.54) is 0 Å². The number of aliphatic hydroxyl groups is 1. The van der Waals surface area contributed by atoms with E-state index in [4.69, 9.17) is 9.26 Å². The van der Waals surface area contributed by atoms with E-state index in [0.29, 0.717) is 25.3 Å². The lowest BCUT2D eigenvalue weighted by Crippen LogP contribution is -2.26. The second kappa shape index (κ2) is 10.5. The molecule has 0 unspecified atom stereocenters. The van der Waals surface area contributed by atoms with E-state index in [9.17, 15) is 19.5 Å². The largest absolute Gasteiger partial charge is 0.489 e. The summed E-state index contributed by atoms with van der Waals surface area (Å²) >= 11 is 0. The summed E-state index contributed by atoms with van der Waals surface area (Å²) in [6, 6.07) is 14.8. The zero-order valence-electron chi connectivity index (χ0n) is 21.4. The van der Waals surface area contributed by atoms with Crippen LogP contribution < -0.4 is 21.7 Å². The Hall–Kier alpha value is -4.11. The minimum absolute atomic E-state index is 0.0883. The van der Waals surface area contributed by atoms with Gasteiger partial charge in [0.25, 0.3) is 5.56 Å². The molecule has 0 fully saturated rings. The molecular formula is C28H31N3O6. The van der Waals surface area contributed by atoms with Gasteiger partial charge < -0.3 is 18.9 Å². The van der Waals surface area contributed by atoms with Gasteiger partial charge in [0.05, 0.1) is 12.1 Å². The Labute approximate surface area is 213 Å². The minimum Gasteiger partial charge on any atom is -0.489 e. The number of nitrogens with one attached hydrogen (secondary N) is 1. The molecule has 2 aromatic carbocycles. The summed E-state index contributed by atoms with van der Waals surface area (Å²) in [5.41, 5.74) is 4.18. The minimum atomic E-state index is -0.856. The van der Waals surface area contributed by atoms with Crippen molar-refractivity contribution >= 4 is 0 Å². The van der Waals surface area contributed by atoms with Gasteiger partial charge in [-0.05, 0) is 74.1 Å². The van der Waals surface area contributed by atoms with Crippen LogP contribution in [0.3, 0.4) is 0 Å². The molecule has 0 amide bonds. The average molecular weight is 506 g/mol. The maximum Gasteiger partial charge on any atom is 0.440 e. The zero-order valence-corrected chi connectivity index (χ0v) is 21.4. The fraction of sp³-hybridized carbons (Fsp3) is 0.321. The zero-order chi connectivity index (χ0) is 26.7. The summed E-state index contributed by atoms with van der Waals surface area (Å²) in [6.07, 6.45) is 2.34. The number of benzene rings is 2. The highest BCUT2D eigenvalue weighted by atomic mass is 16.5. The number of ether oxygens (including phenoxy) is 1. The second-order valence-electron chi connectivity index (χ2n) is 9.83. The normalized spacial score (nSPS) is 11.6. The monoisotopic (exact) mass is 505 g/mol. The van der Waals surface area contributed by atoms with Crippen molar-refractivity contribution in [3.8, 4) is 16.9 Å². The number of aromatic amines is 1. The van der Waals surface area contributed by atoms with Crippen LogP contribution in [0.1, 0.15) is 42.5 Å². The molecule has 0 radical (unpaired) electrons. The predicted octanol–water partition coefficient (Wildman–Crippen LogP) is 3.36. The third-order valence-corrected chi connectivity index (χ3v) is 6.31. The first-order chi connectivity index (χ1) is 17.5. The molecule has 0 saturated carbocycles. The highest BCUT2D eigenvalue weighted by Crippen LogP contribution is 2.29. The van der Waals surface area contributed by atoms with Gasteiger partial charge in [-0.2, -0.15) is 0 Å². The van der Waals surface area contributed by atoms with E-state index in [-0.39, 0.29) is 12.1 Å². The first-order valence-electron chi connectivity index (χ1n) is 12.0. The van der Waals surface area contributed by atoms with E-state index in [0.717, 1.165) is 38.1 Å². The molecule has 2 N–H and O–H groups in total. The van der Waals surface area contributed by atoms with Gasteiger partial charge >= 0.3 is 11.4 Å². The van der Waals surface area contributed by atoms with Crippen molar-refractivity contribution in [3.05, 3.63) is 108 Å². The lowest BCUT2D eigenvalue weighted by atomic mass is 9.95. The van der Waals surface area contributed by atoms with Gasteiger partial charge in [0.2, 0.25) is 0 Å².